The Labute approximate surface area is 132 Å². The van der Waals surface area contributed by atoms with Crippen molar-refractivity contribution in [2.45, 2.75) is 55.5 Å². The van der Waals surface area contributed by atoms with Crippen molar-refractivity contribution in [1.82, 2.24) is 4.90 Å². The van der Waals surface area contributed by atoms with E-state index in [-0.39, 0.29) is 16.4 Å². The van der Waals surface area contributed by atoms with Crippen LogP contribution >= 0.6 is 0 Å². The van der Waals surface area contributed by atoms with E-state index in [9.17, 15) is 4.79 Å². The SMILES string of the molecule is [2H]N1c2ccccc2C23CCN4CCCC5(CCC12CC5=O)C43. The minimum atomic E-state index is -0.285. The molecular weight excluding hydrogens is 272 g/mol. The fourth-order valence-corrected chi connectivity index (χ4v) is 7.12. The summed E-state index contributed by atoms with van der Waals surface area (Å²) in [6.07, 6.45) is 5.97. The molecule has 0 amide bonds. The summed E-state index contributed by atoms with van der Waals surface area (Å²) in [6.45, 7) is 2.24. The Kier molecular flexibility index (Phi) is 1.75. The van der Waals surface area contributed by atoms with Crippen LogP contribution in [0.5, 0.6) is 0 Å². The van der Waals surface area contributed by atoms with Crippen LogP contribution < -0.4 is 5.31 Å². The third-order valence-corrected chi connectivity index (χ3v) is 7.76. The number of hydrogen-bond acceptors (Lipinski definition) is 3. The second kappa shape index (κ2) is 3.43. The van der Waals surface area contributed by atoms with Crippen LogP contribution in [0.2, 0.25) is 1.41 Å². The Morgan fingerprint density at radius 2 is 2.09 bits per heavy atom. The van der Waals surface area contributed by atoms with E-state index in [1.807, 2.05) is 6.07 Å². The number of rotatable bonds is 0. The van der Waals surface area contributed by atoms with E-state index < -0.39 is 0 Å². The van der Waals surface area contributed by atoms with Gasteiger partial charge >= 0.3 is 0 Å². The number of fused-ring (bicyclic) bond motifs is 3. The van der Waals surface area contributed by atoms with Crippen LogP contribution in [0, 0.1) is 5.41 Å². The highest BCUT2D eigenvalue weighted by molar-refractivity contribution is 5.93. The molecule has 1 aromatic rings. The van der Waals surface area contributed by atoms with Crippen molar-refractivity contribution >= 4 is 11.5 Å². The standard InChI is InChI=1S/C19H22N2O/c22-15-12-18-8-7-17(15)6-3-10-21-11-9-19(18,16(17)21)13-4-1-2-5-14(13)20-18/h1-2,4-5,16,20H,3,6-12H2/i/hD. The first-order valence-electron chi connectivity index (χ1n) is 9.27. The van der Waals surface area contributed by atoms with Crippen molar-refractivity contribution in [2.24, 2.45) is 5.41 Å². The van der Waals surface area contributed by atoms with Gasteiger partial charge in [0.15, 0.2) is 1.41 Å². The number of ketones is 1. The summed E-state index contributed by atoms with van der Waals surface area (Å²) >= 11 is 0. The normalized spacial score (nSPS) is 48.9. The van der Waals surface area contributed by atoms with Crippen LogP contribution in [0.4, 0.5) is 5.69 Å². The molecule has 3 saturated carbocycles. The average Bonchev–Trinajstić information content (AvgIpc) is 3.08. The third-order valence-electron chi connectivity index (χ3n) is 7.76. The van der Waals surface area contributed by atoms with Crippen LogP contribution in [-0.4, -0.2) is 35.4 Å². The number of benzene rings is 1. The van der Waals surface area contributed by atoms with Gasteiger partial charge in [-0.05, 0) is 56.8 Å². The maximum atomic E-state index is 13.2. The predicted octanol–water partition coefficient (Wildman–Crippen LogP) is 2.71. The molecule has 0 radical (unpaired) electrons. The van der Waals surface area contributed by atoms with E-state index in [2.05, 4.69) is 23.1 Å². The quantitative estimate of drug-likeness (QED) is 0.799. The second-order valence-corrected chi connectivity index (χ2v) is 8.18. The van der Waals surface area contributed by atoms with Gasteiger partial charge in [0.25, 0.3) is 0 Å². The van der Waals surface area contributed by atoms with E-state index >= 15 is 0 Å². The molecule has 0 aromatic heterocycles. The van der Waals surface area contributed by atoms with E-state index in [4.69, 9.17) is 1.41 Å². The zero-order valence-corrected chi connectivity index (χ0v) is 12.8. The van der Waals surface area contributed by atoms with Gasteiger partial charge in [0.2, 0.25) is 0 Å². The van der Waals surface area contributed by atoms with Crippen LogP contribution in [0.3, 0.4) is 0 Å². The minimum Gasteiger partial charge on any atom is -0.378 e. The summed E-state index contributed by atoms with van der Waals surface area (Å²) < 4.78 is 8.91. The lowest BCUT2D eigenvalue weighted by atomic mass is 9.41. The Hall–Kier alpha value is -1.35. The summed E-state index contributed by atoms with van der Waals surface area (Å²) in [5, 5.41) is 1.77. The predicted molar refractivity (Wildman–Crippen MR) is 85.0 cm³/mol. The molecule has 3 nitrogen and oxygen atoms in total. The molecule has 6 aliphatic rings. The number of carbonyl (C=O) groups is 1. The van der Waals surface area contributed by atoms with E-state index in [0.29, 0.717) is 18.2 Å². The average molecular weight is 295 g/mol. The highest BCUT2D eigenvalue weighted by Gasteiger charge is 2.77. The van der Waals surface area contributed by atoms with Gasteiger partial charge in [-0.25, -0.2) is 0 Å². The van der Waals surface area contributed by atoms with E-state index in [0.717, 1.165) is 50.9 Å². The van der Waals surface area contributed by atoms with E-state index in [1.165, 1.54) is 5.56 Å². The van der Waals surface area contributed by atoms with Gasteiger partial charge < -0.3 is 5.31 Å². The first kappa shape index (κ1) is 11.2. The van der Waals surface area contributed by atoms with Crippen LogP contribution in [0.25, 0.3) is 0 Å². The topological polar surface area (TPSA) is 32.3 Å². The number of nitrogens with one attached hydrogen (secondary N) is 1. The number of Topliss-reactive ketones (excluding diaryl/α,β-unsaturated/α-hetero) is 1. The maximum Gasteiger partial charge on any atom is 0.161 e. The molecule has 1 aromatic carbocycles. The molecule has 22 heavy (non-hydrogen) atoms. The number of anilines is 1. The second-order valence-electron chi connectivity index (χ2n) is 8.18. The molecule has 7 rings (SSSR count). The summed E-state index contributed by atoms with van der Waals surface area (Å²) in [4.78, 5) is 15.8. The molecule has 3 aliphatic carbocycles. The van der Waals surface area contributed by atoms with Crippen molar-refractivity contribution in [1.29, 1.82) is 0 Å². The zero-order chi connectivity index (χ0) is 15.4. The van der Waals surface area contributed by atoms with Crippen LogP contribution in [0.1, 0.15) is 44.1 Å². The molecular formula is C19H22N2O. The largest absolute Gasteiger partial charge is 0.378 e. The molecule has 1 N–H and O–H groups in total. The first-order chi connectivity index (χ1) is 11.2. The highest BCUT2D eigenvalue weighted by atomic mass is 16.1. The molecule has 3 heterocycles. The highest BCUT2D eigenvalue weighted by Crippen LogP contribution is 2.71. The van der Waals surface area contributed by atoms with Gasteiger partial charge in [-0.1, -0.05) is 18.2 Å². The van der Waals surface area contributed by atoms with Crippen molar-refractivity contribution in [2.75, 3.05) is 18.4 Å². The molecule has 114 valence electrons. The monoisotopic (exact) mass is 295 g/mol. The molecule has 2 saturated heterocycles. The lowest BCUT2D eigenvalue weighted by Crippen LogP contribution is -2.75. The molecule has 5 fully saturated rings. The van der Waals surface area contributed by atoms with Crippen molar-refractivity contribution < 1.29 is 6.21 Å². The molecule has 3 spiro atoms. The molecule has 2 bridgehead atoms. The summed E-state index contributed by atoms with van der Waals surface area (Å²) in [7, 11) is 0. The Balaban J connectivity index is 1.71. The van der Waals surface area contributed by atoms with Gasteiger partial charge in [-0.15, -0.1) is 0 Å². The summed E-state index contributed by atoms with van der Waals surface area (Å²) in [6, 6.07) is 8.86. The Bertz CT molecular complexity index is 751. The molecule has 4 atom stereocenters. The van der Waals surface area contributed by atoms with Gasteiger partial charge in [0.1, 0.15) is 5.78 Å². The Morgan fingerprint density at radius 3 is 3.00 bits per heavy atom. The number of para-hydroxylation sites is 1. The van der Waals surface area contributed by atoms with Crippen molar-refractivity contribution in [3.8, 4) is 0 Å². The Morgan fingerprint density at radius 1 is 1.18 bits per heavy atom. The number of piperidine rings is 1. The summed E-state index contributed by atoms with van der Waals surface area (Å²) in [5.74, 6) is 0.459. The summed E-state index contributed by atoms with van der Waals surface area (Å²) in [5.41, 5.74) is 2.03. The zero-order valence-electron chi connectivity index (χ0n) is 13.8. The lowest BCUT2D eigenvalue weighted by Gasteiger charge is -2.65. The van der Waals surface area contributed by atoms with Crippen LogP contribution in [-0.2, 0) is 10.2 Å². The molecule has 3 heteroatoms. The van der Waals surface area contributed by atoms with Gasteiger partial charge in [-0.3, -0.25) is 9.69 Å². The lowest BCUT2D eigenvalue weighted by molar-refractivity contribution is -0.157. The van der Waals surface area contributed by atoms with E-state index in [1.54, 1.807) is 5.31 Å². The van der Waals surface area contributed by atoms with Crippen molar-refractivity contribution in [3.63, 3.8) is 0 Å². The first-order valence-corrected chi connectivity index (χ1v) is 8.82. The van der Waals surface area contributed by atoms with Gasteiger partial charge in [0, 0.05) is 29.0 Å². The number of hydrogen-bond donors (Lipinski definition) is 1. The number of nitrogens with zero attached hydrogens (tertiary/aromatic N) is 1. The maximum absolute atomic E-state index is 13.2. The minimum absolute atomic E-state index is 0.0118. The van der Waals surface area contributed by atoms with Gasteiger partial charge in [0.05, 0.1) is 5.54 Å². The van der Waals surface area contributed by atoms with Gasteiger partial charge in [-0.2, -0.15) is 0 Å². The molecule has 4 unspecified atom stereocenters. The molecule has 3 aliphatic heterocycles. The third kappa shape index (κ3) is 0.989. The van der Waals surface area contributed by atoms with Crippen molar-refractivity contribution in [3.05, 3.63) is 29.8 Å². The fraction of sp³-hybridized carbons (Fsp3) is 0.632. The fourth-order valence-electron chi connectivity index (χ4n) is 7.12. The number of carbonyl (C=O) groups excluding carboxylic acids is 1. The smallest absolute Gasteiger partial charge is 0.161 e. The van der Waals surface area contributed by atoms with Crippen LogP contribution in [0.15, 0.2) is 24.3 Å².